The molecule has 0 unspecified atom stereocenters. The quantitative estimate of drug-likeness (QED) is 0.525. The average Bonchev–Trinajstić information content (AvgIpc) is 3.66. The molecule has 0 bridgehead atoms. The SMILES string of the molecule is Cc1nn(C2CCN(C)CC2)cc1Nc1cc(NCCCN2C=COC=CC2=O)c(C2CC2)cn1. The summed E-state index contributed by atoms with van der Waals surface area (Å²) in [6, 6.07) is 2.56. The number of carbonyl (C=O) groups is 1. The van der Waals surface area contributed by atoms with Gasteiger partial charge in [-0.05, 0) is 70.6 Å². The van der Waals surface area contributed by atoms with E-state index in [2.05, 4.69) is 39.5 Å². The van der Waals surface area contributed by atoms with Crippen LogP contribution in [0.4, 0.5) is 17.2 Å². The van der Waals surface area contributed by atoms with E-state index >= 15 is 0 Å². The molecule has 35 heavy (non-hydrogen) atoms. The smallest absolute Gasteiger partial charge is 0.253 e. The lowest BCUT2D eigenvalue weighted by molar-refractivity contribution is -0.123. The Labute approximate surface area is 206 Å². The zero-order chi connectivity index (χ0) is 24.2. The molecule has 5 rings (SSSR count). The number of amides is 1. The molecule has 186 valence electrons. The molecule has 1 saturated heterocycles. The van der Waals surface area contributed by atoms with Gasteiger partial charge in [0.15, 0.2) is 0 Å². The molecule has 2 aliphatic heterocycles. The highest BCUT2D eigenvalue weighted by molar-refractivity contribution is 5.88. The molecule has 0 spiro atoms. The summed E-state index contributed by atoms with van der Waals surface area (Å²) in [4.78, 5) is 20.8. The number of ether oxygens (including phenoxy) is 1. The average molecular weight is 478 g/mol. The number of rotatable bonds is 9. The first kappa shape index (κ1) is 23.4. The molecule has 2 aromatic heterocycles. The fraction of sp³-hybridized carbons (Fsp3) is 0.500. The summed E-state index contributed by atoms with van der Waals surface area (Å²) in [5, 5.41) is 11.9. The van der Waals surface area contributed by atoms with Gasteiger partial charge in [0.25, 0.3) is 5.91 Å². The molecule has 4 heterocycles. The predicted octanol–water partition coefficient (Wildman–Crippen LogP) is 4.12. The van der Waals surface area contributed by atoms with Crippen LogP contribution >= 0.6 is 0 Å². The Kier molecular flexibility index (Phi) is 7.03. The van der Waals surface area contributed by atoms with Crippen molar-refractivity contribution in [1.82, 2.24) is 24.6 Å². The second-order valence-corrected chi connectivity index (χ2v) is 9.73. The second-order valence-electron chi connectivity index (χ2n) is 9.73. The summed E-state index contributed by atoms with van der Waals surface area (Å²) < 4.78 is 7.20. The van der Waals surface area contributed by atoms with Crippen LogP contribution in [0.5, 0.6) is 0 Å². The maximum absolute atomic E-state index is 12.1. The molecule has 9 heteroatoms. The van der Waals surface area contributed by atoms with Gasteiger partial charge in [-0.15, -0.1) is 0 Å². The third-order valence-corrected chi connectivity index (χ3v) is 6.98. The van der Waals surface area contributed by atoms with E-state index in [0.717, 1.165) is 61.8 Å². The van der Waals surface area contributed by atoms with Gasteiger partial charge >= 0.3 is 0 Å². The Balaban J connectivity index is 1.22. The third kappa shape index (κ3) is 5.85. The highest BCUT2D eigenvalue weighted by atomic mass is 16.5. The number of piperidine rings is 1. The number of nitrogens with zero attached hydrogens (tertiary/aromatic N) is 5. The van der Waals surface area contributed by atoms with Crippen molar-refractivity contribution in [1.29, 1.82) is 0 Å². The number of hydrogen-bond acceptors (Lipinski definition) is 7. The number of aromatic nitrogens is 3. The fourth-order valence-corrected chi connectivity index (χ4v) is 4.67. The maximum Gasteiger partial charge on any atom is 0.253 e. The van der Waals surface area contributed by atoms with E-state index in [1.807, 2.05) is 13.1 Å². The van der Waals surface area contributed by atoms with Crippen molar-refractivity contribution >= 4 is 23.1 Å². The Hall–Kier alpha value is -3.33. The number of hydrogen-bond donors (Lipinski definition) is 2. The molecular formula is C26H35N7O2. The maximum atomic E-state index is 12.1. The highest BCUT2D eigenvalue weighted by Gasteiger charge is 2.27. The molecular weight excluding hydrogens is 442 g/mol. The first-order valence-corrected chi connectivity index (χ1v) is 12.6. The summed E-state index contributed by atoms with van der Waals surface area (Å²) in [5.41, 5.74) is 4.38. The van der Waals surface area contributed by atoms with Crippen LogP contribution in [0.2, 0.25) is 0 Å². The largest absolute Gasteiger partial charge is 0.471 e. The van der Waals surface area contributed by atoms with Gasteiger partial charge in [-0.25, -0.2) is 4.98 Å². The van der Waals surface area contributed by atoms with E-state index in [-0.39, 0.29) is 5.91 Å². The Morgan fingerprint density at radius 3 is 2.77 bits per heavy atom. The van der Waals surface area contributed by atoms with Crippen LogP contribution in [-0.2, 0) is 9.53 Å². The lowest BCUT2D eigenvalue weighted by atomic mass is 10.1. The molecule has 0 aromatic carbocycles. The van der Waals surface area contributed by atoms with Crippen LogP contribution in [0.3, 0.4) is 0 Å². The summed E-state index contributed by atoms with van der Waals surface area (Å²) >= 11 is 0. The van der Waals surface area contributed by atoms with E-state index in [0.29, 0.717) is 18.5 Å². The van der Waals surface area contributed by atoms with Crippen molar-refractivity contribution < 1.29 is 9.53 Å². The van der Waals surface area contributed by atoms with Crippen LogP contribution in [0, 0.1) is 6.92 Å². The fourth-order valence-electron chi connectivity index (χ4n) is 4.67. The second kappa shape index (κ2) is 10.5. The number of aryl methyl sites for hydroxylation is 1. The zero-order valence-corrected chi connectivity index (χ0v) is 20.6. The number of nitrogens with one attached hydrogen (secondary N) is 2. The van der Waals surface area contributed by atoms with Gasteiger partial charge < -0.3 is 25.2 Å². The zero-order valence-electron chi connectivity index (χ0n) is 20.6. The van der Waals surface area contributed by atoms with Crippen LogP contribution in [0.15, 0.2) is 43.3 Å². The van der Waals surface area contributed by atoms with E-state index in [9.17, 15) is 4.79 Å². The molecule has 2 fully saturated rings. The summed E-state index contributed by atoms with van der Waals surface area (Å²) in [6.07, 6.45) is 15.7. The Bertz CT molecular complexity index is 1100. The van der Waals surface area contributed by atoms with E-state index in [1.54, 1.807) is 11.1 Å². The van der Waals surface area contributed by atoms with Crippen molar-refractivity contribution in [2.45, 2.75) is 51.0 Å². The molecule has 1 saturated carbocycles. The molecule has 0 atom stereocenters. The number of likely N-dealkylation sites (tertiary alicyclic amines) is 1. The summed E-state index contributed by atoms with van der Waals surface area (Å²) in [6.45, 7) is 5.65. The van der Waals surface area contributed by atoms with Gasteiger partial charge in [0.1, 0.15) is 12.1 Å². The topological polar surface area (TPSA) is 87.5 Å². The molecule has 3 aliphatic rings. The summed E-state index contributed by atoms with van der Waals surface area (Å²) in [7, 11) is 2.18. The van der Waals surface area contributed by atoms with Crippen LogP contribution in [0.25, 0.3) is 0 Å². The van der Waals surface area contributed by atoms with Crippen molar-refractivity contribution in [2.75, 3.05) is 43.9 Å². The van der Waals surface area contributed by atoms with Gasteiger partial charge in [0, 0.05) is 49.5 Å². The molecule has 9 nitrogen and oxygen atoms in total. The molecule has 1 amide bonds. The summed E-state index contributed by atoms with van der Waals surface area (Å²) in [5.74, 6) is 1.34. The first-order chi connectivity index (χ1) is 17.1. The number of pyridine rings is 1. The number of anilines is 3. The van der Waals surface area contributed by atoms with Crippen molar-refractivity contribution in [3.8, 4) is 0 Å². The monoisotopic (exact) mass is 477 g/mol. The molecule has 0 radical (unpaired) electrons. The van der Waals surface area contributed by atoms with Gasteiger partial charge in [-0.3, -0.25) is 9.48 Å². The van der Waals surface area contributed by atoms with Crippen molar-refractivity contribution in [3.63, 3.8) is 0 Å². The van der Waals surface area contributed by atoms with E-state index in [4.69, 9.17) is 14.8 Å². The van der Waals surface area contributed by atoms with Crippen LogP contribution < -0.4 is 10.6 Å². The molecule has 1 aliphatic carbocycles. The Morgan fingerprint density at radius 1 is 1.14 bits per heavy atom. The predicted molar refractivity (Wildman–Crippen MR) is 136 cm³/mol. The van der Waals surface area contributed by atoms with E-state index < -0.39 is 0 Å². The van der Waals surface area contributed by atoms with Crippen LogP contribution in [-0.4, -0.2) is 63.7 Å². The third-order valence-electron chi connectivity index (χ3n) is 6.98. The van der Waals surface area contributed by atoms with Crippen molar-refractivity contribution in [2.24, 2.45) is 0 Å². The lowest BCUT2D eigenvalue weighted by Crippen LogP contribution is -2.31. The first-order valence-electron chi connectivity index (χ1n) is 12.6. The van der Waals surface area contributed by atoms with Crippen LogP contribution in [0.1, 0.15) is 55.3 Å². The van der Waals surface area contributed by atoms with Gasteiger partial charge in [0.05, 0.1) is 23.7 Å². The minimum Gasteiger partial charge on any atom is -0.471 e. The normalized spacial score (nSPS) is 19.0. The van der Waals surface area contributed by atoms with E-state index in [1.165, 1.54) is 37.0 Å². The standard InChI is InChI=1S/C26H35N7O2/c1-19-24(18-33(30-19)21-6-11-31(2)12-7-21)29-25-16-23(22(17-28-25)20-4-5-20)27-9-3-10-32-13-15-35-14-8-26(32)34/h8,13-18,20-21H,3-7,9-12H2,1-2H3,(H2,27,28,29). The Morgan fingerprint density at radius 2 is 1.97 bits per heavy atom. The molecule has 2 N–H and O–H groups in total. The van der Waals surface area contributed by atoms with Gasteiger partial charge in [-0.2, -0.15) is 5.10 Å². The highest BCUT2D eigenvalue weighted by Crippen LogP contribution is 2.43. The molecule has 2 aromatic rings. The van der Waals surface area contributed by atoms with Gasteiger partial charge in [-0.1, -0.05) is 0 Å². The number of carbonyl (C=O) groups excluding carboxylic acids is 1. The van der Waals surface area contributed by atoms with Crippen molar-refractivity contribution in [3.05, 3.63) is 54.5 Å². The van der Waals surface area contributed by atoms with Gasteiger partial charge in [0.2, 0.25) is 0 Å². The lowest BCUT2D eigenvalue weighted by Gasteiger charge is -2.28. The minimum absolute atomic E-state index is 0.0658. The minimum atomic E-state index is -0.0658.